The molecule has 27 heavy (non-hydrogen) atoms. The Morgan fingerprint density at radius 3 is 2.78 bits per heavy atom. The summed E-state index contributed by atoms with van der Waals surface area (Å²) in [7, 11) is 0. The standard InChI is InChI=1S/C22H30N4O/c1-3-27-21-7-5-4-6-18(21)15-25-11-10-20-19(16-25)14-23-22(24-20)26-12-8-17(2)9-13-26/h4-7,14,17H,3,8-13,15-16H2,1-2H3. The molecule has 2 aliphatic rings. The summed E-state index contributed by atoms with van der Waals surface area (Å²) in [5.74, 6) is 2.75. The van der Waals surface area contributed by atoms with Crippen LogP contribution >= 0.6 is 0 Å². The fourth-order valence-corrected chi connectivity index (χ4v) is 4.03. The number of aromatic nitrogens is 2. The molecule has 0 N–H and O–H groups in total. The molecule has 2 aromatic rings. The van der Waals surface area contributed by atoms with Gasteiger partial charge in [-0.25, -0.2) is 9.97 Å². The van der Waals surface area contributed by atoms with Crippen LogP contribution in [0.1, 0.15) is 43.5 Å². The first-order valence-corrected chi connectivity index (χ1v) is 10.3. The quantitative estimate of drug-likeness (QED) is 0.808. The van der Waals surface area contributed by atoms with Crippen molar-refractivity contribution in [2.45, 2.75) is 46.2 Å². The van der Waals surface area contributed by atoms with Gasteiger partial charge in [-0.15, -0.1) is 0 Å². The number of piperidine rings is 1. The van der Waals surface area contributed by atoms with Gasteiger partial charge >= 0.3 is 0 Å². The number of ether oxygens (including phenoxy) is 1. The number of hydrogen-bond acceptors (Lipinski definition) is 5. The molecule has 0 amide bonds. The summed E-state index contributed by atoms with van der Waals surface area (Å²) >= 11 is 0. The summed E-state index contributed by atoms with van der Waals surface area (Å²) in [6.07, 6.45) is 5.53. The predicted molar refractivity (Wildman–Crippen MR) is 108 cm³/mol. The van der Waals surface area contributed by atoms with E-state index in [9.17, 15) is 0 Å². The lowest BCUT2D eigenvalue weighted by Crippen LogP contribution is -2.35. The van der Waals surface area contributed by atoms with E-state index in [1.54, 1.807) is 0 Å². The Balaban J connectivity index is 1.43. The summed E-state index contributed by atoms with van der Waals surface area (Å²) in [4.78, 5) is 14.4. The second-order valence-electron chi connectivity index (χ2n) is 7.81. The van der Waals surface area contributed by atoms with Crippen LogP contribution in [0.5, 0.6) is 5.75 Å². The number of fused-ring (bicyclic) bond motifs is 1. The van der Waals surface area contributed by atoms with E-state index in [1.807, 2.05) is 13.0 Å². The summed E-state index contributed by atoms with van der Waals surface area (Å²) in [6, 6.07) is 8.35. The first-order valence-electron chi connectivity index (χ1n) is 10.3. The lowest BCUT2D eigenvalue weighted by Gasteiger charge is -2.32. The SMILES string of the molecule is CCOc1ccccc1CN1CCc2nc(N3CCC(C)CC3)ncc2C1. The van der Waals surface area contributed by atoms with Crippen molar-refractivity contribution in [1.82, 2.24) is 14.9 Å². The van der Waals surface area contributed by atoms with Crippen LogP contribution in [-0.2, 0) is 19.5 Å². The lowest BCUT2D eigenvalue weighted by molar-refractivity contribution is 0.236. The molecule has 0 bridgehead atoms. The zero-order valence-electron chi connectivity index (χ0n) is 16.5. The molecule has 1 aromatic carbocycles. The fourth-order valence-electron chi connectivity index (χ4n) is 4.03. The van der Waals surface area contributed by atoms with Gasteiger partial charge in [0.1, 0.15) is 5.75 Å². The molecule has 4 rings (SSSR count). The first kappa shape index (κ1) is 18.2. The summed E-state index contributed by atoms with van der Waals surface area (Å²) in [5.41, 5.74) is 3.75. The third kappa shape index (κ3) is 4.24. The van der Waals surface area contributed by atoms with Gasteiger partial charge < -0.3 is 9.64 Å². The Hall–Kier alpha value is -2.14. The van der Waals surface area contributed by atoms with Crippen molar-refractivity contribution in [2.24, 2.45) is 5.92 Å². The van der Waals surface area contributed by atoms with E-state index in [0.29, 0.717) is 6.61 Å². The Bertz CT molecular complexity index is 771. The van der Waals surface area contributed by atoms with Gasteiger partial charge in [0.15, 0.2) is 0 Å². The van der Waals surface area contributed by atoms with Crippen LogP contribution in [0.15, 0.2) is 30.5 Å². The van der Waals surface area contributed by atoms with Gasteiger partial charge in [0, 0.05) is 56.5 Å². The van der Waals surface area contributed by atoms with Crippen LogP contribution in [0, 0.1) is 5.92 Å². The molecule has 0 saturated carbocycles. The van der Waals surface area contributed by atoms with Gasteiger partial charge in [-0.05, 0) is 31.7 Å². The van der Waals surface area contributed by atoms with Crippen LogP contribution in [0.4, 0.5) is 5.95 Å². The first-order chi connectivity index (χ1) is 13.2. The van der Waals surface area contributed by atoms with Crippen LogP contribution < -0.4 is 9.64 Å². The van der Waals surface area contributed by atoms with Gasteiger partial charge in [-0.3, -0.25) is 4.90 Å². The number of hydrogen-bond donors (Lipinski definition) is 0. The van der Waals surface area contributed by atoms with Gasteiger partial charge in [0.2, 0.25) is 5.95 Å². The highest BCUT2D eigenvalue weighted by molar-refractivity contribution is 5.36. The minimum absolute atomic E-state index is 0.700. The van der Waals surface area contributed by atoms with Crippen molar-refractivity contribution in [1.29, 1.82) is 0 Å². The van der Waals surface area contributed by atoms with Crippen molar-refractivity contribution in [3.05, 3.63) is 47.3 Å². The second kappa shape index (κ2) is 8.26. The maximum absolute atomic E-state index is 5.78. The molecule has 0 spiro atoms. The summed E-state index contributed by atoms with van der Waals surface area (Å²) in [6.45, 7) is 10.1. The maximum Gasteiger partial charge on any atom is 0.225 e. The van der Waals surface area contributed by atoms with Crippen LogP contribution in [0.2, 0.25) is 0 Å². The van der Waals surface area contributed by atoms with Crippen molar-refractivity contribution < 1.29 is 4.74 Å². The molecule has 0 atom stereocenters. The van der Waals surface area contributed by atoms with Crippen molar-refractivity contribution in [3.63, 3.8) is 0 Å². The number of anilines is 1. The molecule has 3 heterocycles. The van der Waals surface area contributed by atoms with E-state index in [0.717, 1.165) is 56.8 Å². The monoisotopic (exact) mass is 366 g/mol. The zero-order valence-corrected chi connectivity index (χ0v) is 16.5. The predicted octanol–water partition coefficient (Wildman–Crippen LogP) is 3.67. The van der Waals surface area contributed by atoms with Crippen LogP contribution in [-0.4, -0.2) is 41.1 Å². The minimum atomic E-state index is 0.700. The number of benzene rings is 1. The third-order valence-electron chi connectivity index (χ3n) is 5.73. The molecule has 0 unspecified atom stereocenters. The zero-order chi connectivity index (χ0) is 18.6. The molecule has 0 radical (unpaired) electrons. The third-order valence-corrected chi connectivity index (χ3v) is 5.73. The second-order valence-corrected chi connectivity index (χ2v) is 7.81. The van der Waals surface area contributed by atoms with E-state index < -0.39 is 0 Å². The highest BCUT2D eigenvalue weighted by Crippen LogP contribution is 2.26. The molecule has 5 heteroatoms. The Morgan fingerprint density at radius 1 is 1.15 bits per heavy atom. The van der Waals surface area contributed by atoms with Crippen molar-refractivity contribution in [2.75, 3.05) is 31.1 Å². The maximum atomic E-state index is 5.78. The molecule has 5 nitrogen and oxygen atoms in total. The van der Waals surface area contributed by atoms with E-state index >= 15 is 0 Å². The molecule has 2 aliphatic heterocycles. The van der Waals surface area contributed by atoms with E-state index in [-0.39, 0.29) is 0 Å². The molecule has 1 saturated heterocycles. The van der Waals surface area contributed by atoms with Crippen molar-refractivity contribution in [3.8, 4) is 5.75 Å². The minimum Gasteiger partial charge on any atom is -0.494 e. The fraction of sp³-hybridized carbons (Fsp3) is 0.545. The Morgan fingerprint density at radius 2 is 1.96 bits per heavy atom. The molecule has 144 valence electrons. The van der Waals surface area contributed by atoms with Crippen molar-refractivity contribution >= 4 is 5.95 Å². The average molecular weight is 367 g/mol. The van der Waals surface area contributed by atoms with Gasteiger partial charge in [0.25, 0.3) is 0 Å². The number of para-hydroxylation sites is 1. The lowest BCUT2D eigenvalue weighted by atomic mass is 9.99. The Kier molecular flexibility index (Phi) is 5.58. The largest absolute Gasteiger partial charge is 0.494 e. The van der Waals surface area contributed by atoms with Gasteiger partial charge in [-0.1, -0.05) is 25.1 Å². The van der Waals surface area contributed by atoms with Gasteiger partial charge in [0.05, 0.1) is 12.3 Å². The smallest absolute Gasteiger partial charge is 0.225 e. The molecule has 0 aliphatic carbocycles. The van der Waals surface area contributed by atoms with Crippen LogP contribution in [0.25, 0.3) is 0 Å². The van der Waals surface area contributed by atoms with E-state index in [4.69, 9.17) is 14.7 Å². The average Bonchev–Trinajstić information content (AvgIpc) is 2.70. The van der Waals surface area contributed by atoms with Crippen LogP contribution in [0.3, 0.4) is 0 Å². The Labute approximate surface area is 162 Å². The molecular formula is C22H30N4O. The summed E-state index contributed by atoms with van der Waals surface area (Å²) < 4.78 is 5.78. The van der Waals surface area contributed by atoms with Gasteiger partial charge in [-0.2, -0.15) is 0 Å². The molecular weight excluding hydrogens is 336 g/mol. The topological polar surface area (TPSA) is 41.5 Å². The normalized spacial score (nSPS) is 18.4. The van der Waals surface area contributed by atoms with E-state index in [2.05, 4.69) is 41.1 Å². The highest BCUT2D eigenvalue weighted by Gasteiger charge is 2.22. The number of nitrogens with zero attached hydrogens (tertiary/aromatic N) is 4. The van der Waals surface area contributed by atoms with E-state index in [1.165, 1.54) is 29.7 Å². The molecule has 1 fully saturated rings. The molecule has 1 aromatic heterocycles. The highest BCUT2D eigenvalue weighted by atomic mass is 16.5. The number of rotatable bonds is 5. The summed E-state index contributed by atoms with van der Waals surface area (Å²) in [5, 5.41) is 0.